The van der Waals surface area contributed by atoms with Gasteiger partial charge in [-0.05, 0) is 44.4 Å². The maximum absolute atomic E-state index is 12.1. The van der Waals surface area contributed by atoms with Crippen LogP contribution in [0.5, 0.6) is 0 Å². The lowest BCUT2D eigenvalue weighted by Gasteiger charge is -2.19. The van der Waals surface area contributed by atoms with E-state index in [2.05, 4.69) is 13.8 Å². The summed E-state index contributed by atoms with van der Waals surface area (Å²) in [7, 11) is -3.22. The molecule has 0 heterocycles. The van der Waals surface area contributed by atoms with E-state index in [-0.39, 0.29) is 0 Å². The van der Waals surface area contributed by atoms with Crippen LogP contribution in [0.3, 0.4) is 0 Å². The maximum atomic E-state index is 12.1. The van der Waals surface area contributed by atoms with Crippen LogP contribution >= 0.6 is 0 Å². The predicted molar refractivity (Wildman–Crippen MR) is 67.5 cm³/mol. The zero-order valence-electron chi connectivity index (χ0n) is 10.6. The molecule has 0 aliphatic rings. The van der Waals surface area contributed by atoms with Gasteiger partial charge in [-0.25, -0.2) is 8.42 Å². The van der Waals surface area contributed by atoms with Crippen LogP contribution in [0.2, 0.25) is 0 Å². The van der Waals surface area contributed by atoms with Gasteiger partial charge in [0, 0.05) is 0 Å². The average molecular weight is 240 g/mol. The smallest absolute Gasteiger partial charge is 0.183 e. The van der Waals surface area contributed by atoms with Crippen LogP contribution in [0, 0.1) is 0 Å². The largest absolute Gasteiger partial charge is 0.223 e. The molecule has 0 radical (unpaired) electrons. The standard InChI is InChI=1S/C13H20O2S/c1-10(2)11-6-8-12(9-7-11)16(14,15)13(3,4)5/h6-10H,1-5H3. The lowest BCUT2D eigenvalue weighted by atomic mass is 10.0. The van der Waals surface area contributed by atoms with E-state index in [9.17, 15) is 8.42 Å². The SMILES string of the molecule is CC(C)c1ccc(S(=O)(=O)C(C)(C)C)cc1. The molecule has 0 aliphatic carbocycles. The van der Waals surface area contributed by atoms with Crippen molar-refractivity contribution in [1.29, 1.82) is 0 Å². The Balaban J connectivity index is 3.18. The van der Waals surface area contributed by atoms with Gasteiger partial charge in [0.2, 0.25) is 0 Å². The highest BCUT2D eigenvalue weighted by molar-refractivity contribution is 7.92. The molecule has 16 heavy (non-hydrogen) atoms. The van der Waals surface area contributed by atoms with E-state index in [0.717, 1.165) is 5.56 Å². The van der Waals surface area contributed by atoms with Crippen molar-refractivity contribution < 1.29 is 8.42 Å². The van der Waals surface area contributed by atoms with Gasteiger partial charge in [0.1, 0.15) is 0 Å². The Morgan fingerprint density at radius 2 is 1.44 bits per heavy atom. The quantitative estimate of drug-likeness (QED) is 0.794. The van der Waals surface area contributed by atoms with Gasteiger partial charge in [-0.3, -0.25) is 0 Å². The van der Waals surface area contributed by atoms with Crippen molar-refractivity contribution in [1.82, 2.24) is 0 Å². The molecule has 0 unspecified atom stereocenters. The third kappa shape index (κ3) is 2.46. The Bertz CT molecular complexity index is 448. The molecule has 1 aromatic rings. The first kappa shape index (κ1) is 13.2. The molecule has 0 aliphatic heterocycles. The summed E-state index contributed by atoms with van der Waals surface area (Å²) in [6, 6.07) is 7.19. The molecule has 2 nitrogen and oxygen atoms in total. The number of benzene rings is 1. The van der Waals surface area contributed by atoms with E-state index in [0.29, 0.717) is 10.8 Å². The Kier molecular flexibility index (Phi) is 3.48. The fourth-order valence-corrected chi connectivity index (χ4v) is 2.59. The second-order valence-electron chi connectivity index (χ2n) is 5.34. The molecule has 1 aromatic carbocycles. The summed E-state index contributed by atoms with van der Waals surface area (Å²) in [5, 5.41) is 0. The molecule has 0 atom stereocenters. The molecule has 0 N–H and O–H groups in total. The number of hydrogen-bond donors (Lipinski definition) is 0. The van der Waals surface area contributed by atoms with Crippen LogP contribution < -0.4 is 0 Å². The van der Waals surface area contributed by atoms with Gasteiger partial charge in [-0.15, -0.1) is 0 Å². The molecule has 0 bridgehead atoms. The summed E-state index contributed by atoms with van der Waals surface area (Å²) in [4.78, 5) is 0.407. The Hall–Kier alpha value is -0.830. The van der Waals surface area contributed by atoms with Crippen LogP contribution in [-0.2, 0) is 9.84 Å². The monoisotopic (exact) mass is 240 g/mol. The topological polar surface area (TPSA) is 34.1 Å². The van der Waals surface area contributed by atoms with Crippen molar-refractivity contribution in [2.24, 2.45) is 0 Å². The van der Waals surface area contributed by atoms with Gasteiger partial charge < -0.3 is 0 Å². The summed E-state index contributed by atoms with van der Waals surface area (Å²) in [5.41, 5.74) is 1.16. The highest BCUT2D eigenvalue weighted by Gasteiger charge is 2.30. The lowest BCUT2D eigenvalue weighted by molar-refractivity contribution is 0.560. The molecule has 0 saturated heterocycles. The highest BCUT2D eigenvalue weighted by atomic mass is 32.2. The first-order valence-corrected chi connectivity index (χ1v) is 6.99. The molecular formula is C13H20O2S. The molecule has 0 spiro atoms. The van der Waals surface area contributed by atoms with Crippen LogP contribution in [0.15, 0.2) is 29.2 Å². The van der Waals surface area contributed by atoms with Crippen molar-refractivity contribution in [2.75, 3.05) is 0 Å². The zero-order valence-corrected chi connectivity index (χ0v) is 11.4. The molecule has 0 fully saturated rings. The van der Waals surface area contributed by atoms with Crippen LogP contribution in [0.1, 0.15) is 46.1 Å². The summed E-state index contributed by atoms with van der Waals surface area (Å²) in [6.45, 7) is 9.34. The summed E-state index contributed by atoms with van der Waals surface area (Å²) in [6.07, 6.45) is 0. The van der Waals surface area contributed by atoms with E-state index in [1.807, 2.05) is 12.1 Å². The van der Waals surface area contributed by atoms with Crippen LogP contribution in [0.25, 0.3) is 0 Å². The molecule has 3 heteroatoms. The van der Waals surface area contributed by atoms with Crippen molar-refractivity contribution in [2.45, 2.75) is 50.2 Å². The second kappa shape index (κ2) is 4.21. The number of hydrogen-bond acceptors (Lipinski definition) is 2. The summed E-state index contributed by atoms with van der Waals surface area (Å²) in [5.74, 6) is 0.423. The fraction of sp³-hybridized carbons (Fsp3) is 0.538. The van der Waals surface area contributed by atoms with Gasteiger partial charge in [0.25, 0.3) is 0 Å². The van der Waals surface area contributed by atoms with E-state index in [4.69, 9.17) is 0 Å². The average Bonchev–Trinajstić information content (AvgIpc) is 2.16. The van der Waals surface area contributed by atoms with Gasteiger partial charge in [-0.1, -0.05) is 26.0 Å². The maximum Gasteiger partial charge on any atom is 0.183 e. The van der Waals surface area contributed by atoms with Gasteiger partial charge in [0.05, 0.1) is 9.64 Å². The van der Waals surface area contributed by atoms with Crippen molar-refractivity contribution in [3.05, 3.63) is 29.8 Å². The van der Waals surface area contributed by atoms with Crippen molar-refractivity contribution >= 4 is 9.84 Å². The Morgan fingerprint density at radius 3 is 1.75 bits per heavy atom. The van der Waals surface area contributed by atoms with Gasteiger partial charge in [0.15, 0.2) is 9.84 Å². The molecular weight excluding hydrogens is 220 g/mol. The molecule has 0 amide bonds. The van der Waals surface area contributed by atoms with Crippen molar-refractivity contribution in [3.63, 3.8) is 0 Å². The van der Waals surface area contributed by atoms with E-state index < -0.39 is 14.6 Å². The van der Waals surface area contributed by atoms with E-state index in [1.54, 1.807) is 32.9 Å². The minimum Gasteiger partial charge on any atom is -0.223 e. The van der Waals surface area contributed by atoms with Gasteiger partial charge in [-0.2, -0.15) is 0 Å². The Morgan fingerprint density at radius 1 is 1.00 bits per heavy atom. The number of rotatable bonds is 2. The first-order valence-electron chi connectivity index (χ1n) is 5.51. The Labute approximate surface area is 98.6 Å². The van der Waals surface area contributed by atoms with E-state index >= 15 is 0 Å². The molecule has 90 valence electrons. The van der Waals surface area contributed by atoms with E-state index in [1.165, 1.54) is 0 Å². The lowest BCUT2D eigenvalue weighted by Crippen LogP contribution is -2.27. The second-order valence-corrected chi connectivity index (χ2v) is 8.04. The first-order chi connectivity index (χ1) is 7.16. The summed E-state index contributed by atoms with van der Waals surface area (Å²) >= 11 is 0. The predicted octanol–water partition coefficient (Wildman–Crippen LogP) is 3.38. The molecule has 0 aromatic heterocycles. The summed E-state index contributed by atoms with van der Waals surface area (Å²) < 4.78 is 23.5. The third-order valence-corrected chi connectivity index (χ3v) is 5.17. The normalized spacial score (nSPS) is 13.1. The van der Waals surface area contributed by atoms with Gasteiger partial charge >= 0.3 is 0 Å². The number of sulfone groups is 1. The van der Waals surface area contributed by atoms with Crippen LogP contribution in [0.4, 0.5) is 0 Å². The fourth-order valence-electron chi connectivity index (χ4n) is 1.39. The molecule has 1 rings (SSSR count). The zero-order chi connectivity index (χ0) is 12.6. The highest BCUT2D eigenvalue weighted by Crippen LogP contribution is 2.26. The minimum atomic E-state index is -3.22. The minimum absolute atomic E-state index is 0.407. The van der Waals surface area contributed by atoms with Crippen LogP contribution in [-0.4, -0.2) is 13.2 Å². The third-order valence-electron chi connectivity index (χ3n) is 2.66. The van der Waals surface area contributed by atoms with Crippen molar-refractivity contribution in [3.8, 4) is 0 Å². The molecule has 0 saturated carbocycles.